The lowest BCUT2D eigenvalue weighted by Gasteiger charge is -2.34. The van der Waals surface area contributed by atoms with Crippen LogP contribution in [-0.4, -0.2) is 68.4 Å². The number of sulfonamides is 1. The van der Waals surface area contributed by atoms with Crippen LogP contribution in [0.2, 0.25) is 5.02 Å². The van der Waals surface area contributed by atoms with Crippen LogP contribution in [-0.2, 0) is 14.8 Å². The standard InChI is InChI=1S/C19H24ClN5O3S/c20-15-3-5-17(6-4-15)29(26,27)25-11-9-24(10-12-25)19-8-7-18(22-23-19)21-14-16-2-1-13-28-16/h3-8,16H,1-2,9-14H2,(H,21,22). The van der Waals surface area contributed by atoms with Crippen molar-refractivity contribution in [2.24, 2.45) is 0 Å². The summed E-state index contributed by atoms with van der Waals surface area (Å²) < 4.78 is 32.7. The molecule has 8 nitrogen and oxygen atoms in total. The second kappa shape index (κ2) is 8.83. The average Bonchev–Trinajstić information content (AvgIpc) is 3.27. The van der Waals surface area contributed by atoms with Crippen molar-refractivity contribution < 1.29 is 13.2 Å². The molecule has 0 aliphatic carbocycles. The molecule has 0 saturated carbocycles. The van der Waals surface area contributed by atoms with E-state index in [0.717, 1.165) is 31.8 Å². The molecule has 0 bridgehead atoms. The van der Waals surface area contributed by atoms with Crippen molar-refractivity contribution in [1.29, 1.82) is 0 Å². The fourth-order valence-electron chi connectivity index (χ4n) is 3.53. The predicted octanol–water partition coefficient (Wildman–Crippen LogP) is 2.23. The summed E-state index contributed by atoms with van der Waals surface area (Å²) in [5.74, 6) is 1.46. The monoisotopic (exact) mass is 437 g/mol. The van der Waals surface area contributed by atoms with E-state index in [9.17, 15) is 8.42 Å². The lowest BCUT2D eigenvalue weighted by molar-refractivity contribution is 0.120. The molecule has 2 fully saturated rings. The first-order valence-corrected chi connectivity index (χ1v) is 11.5. The maximum absolute atomic E-state index is 12.8. The maximum atomic E-state index is 12.8. The zero-order chi connectivity index (χ0) is 20.3. The summed E-state index contributed by atoms with van der Waals surface area (Å²) in [5.41, 5.74) is 0. The SMILES string of the molecule is O=S(=O)(c1ccc(Cl)cc1)N1CCN(c2ccc(NCC3CCCO3)nn2)CC1. The minimum atomic E-state index is -3.52. The molecule has 2 saturated heterocycles. The van der Waals surface area contributed by atoms with Gasteiger partial charge in [0.05, 0.1) is 11.0 Å². The normalized spacial score (nSPS) is 20.7. The van der Waals surface area contributed by atoms with Crippen LogP contribution in [0.3, 0.4) is 0 Å². The Morgan fingerprint density at radius 1 is 1.07 bits per heavy atom. The minimum Gasteiger partial charge on any atom is -0.376 e. The Labute approximate surface area is 175 Å². The van der Waals surface area contributed by atoms with E-state index in [0.29, 0.717) is 37.0 Å². The highest BCUT2D eigenvalue weighted by molar-refractivity contribution is 7.89. The van der Waals surface area contributed by atoms with Crippen LogP contribution in [0, 0.1) is 0 Å². The van der Waals surface area contributed by atoms with Gasteiger partial charge in [-0.3, -0.25) is 0 Å². The van der Waals surface area contributed by atoms with Gasteiger partial charge in [-0.25, -0.2) is 8.42 Å². The van der Waals surface area contributed by atoms with Crippen molar-refractivity contribution in [3.8, 4) is 0 Å². The van der Waals surface area contributed by atoms with Crippen molar-refractivity contribution in [3.05, 3.63) is 41.4 Å². The van der Waals surface area contributed by atoms with E-state index < -0.39 is 10.0 Å². The Hall–Kier alpha value is -1.94. The Morgan fingerprint density at radius 3 is 2.45 bits per heavy atom. The number of halogens is 1. The fourth-order valence-corrected chi connectivity index (χ4v) is 5.07. The van der Waals surface area contributed by atoms with E-state index >= 15 is 0 Å². The van der Waals surface area contributed by atoms with Gasteiger partial charge in [0.25, 0.3) is 0 Å². The number of nitrogens with one attached hydrogen (secondary N) is 1. The van der Waals surface area contributed by atoms with E-state index in [4.69, 9.17) is 16.3 Å². The van der Waals surface area contributed by atoms with Gasteiger partial charge in [-0.2, -0.15) is 4.31 Å². The molecule has 0 spiro atoms. The third kappa shape index (κ3) is 4.80. The topological polar surface area (TPSA) is 87.7 Å². The smallest absolute Gasteiger partial charge is 0.243 e. The Bertz CT molecular complexity index is 910. The van der Waals surface area contributed by atoms with Gasteiger partial charge < -0.3 is 15.0 Å². The van der Waals surface area contributed by atoms with Crippen LogP contribution in [0.25, 0.3) is 0 Å². The number of hydrogen-bond acceptors (Lipinski definition) is 7. The second-order valence-corrected chi connectivity index (χ2v) is 9.51. The van der Waals surface area contributed by atoms with Crippen LogP contribution < -0.4 is 10.2 Å². The molecule has 0 radical (unpaired) electrons. The molecule has 1 unspecified atom stereocenters. The first-order valence-electron chi connectivity index (χ1n) is 9.72. The van der Waals surface area contributed by atoms with Crippen molar-refractivity contribution in [3.63, 3.8) is 0 Å². The van der Waals surface area contributed by atoms with E-state index in [1.54, 1.807) is 12.1 Å². The van der Waals surface area contributed by atoms with E-state index in [1.165, 1.54) is 16.4 Å². The fraction of sp³-hybridized carbons (Fsp3) is 0.474. The Morgan fingerprint density at radius 2 is 1.83 bits per heavy atom. The number of rotatable bonds is 6. The third-order valence-corrected chi connectivity index (χ3v) is 7.36. The molecule has 10 heteroatoms. The molecule has 2 aromatic rings. The Kier molecular flexibility index (Phi) is 6.19. The largest absolute Gasteiger partial charge is 0.376 e. The number of piperazine rings is 1. The Balaban J connectivity index is 1.32. The van der Waals surface area contributed by atoms with Crippen LogP contribution in [0.5, 0.6) is 0 Å². The van der Waals surface area contributed by atoms with E-state index in [-0.39, 0.29) is 11.0 Å². The minimum absolute atomic E-state index is 0.243. The molecule has 0 amide bonds. The van der Waals surface area contributed by atoms with Crippen LogP contribution in [0.1, 0.15) is 12.8 Å². The molecular formula is C19H24ClN5O3S. The van der Waals surface area contributed by atoms with Crippen molar-refractivity contribution in [1.82, 2.24) is 14.5 Å². The summed E-state index contributed by atoms with van der Waals surface area (Å²) in [6, 6.07) is 10.1. The molecule has 2 aliphatic rings. The number of benzene rings is 1. The average molecular weight is 438 g/mol. The summed E-state index contributed by atoms with van der Waals surface area (Å²) in [6.07, 6.45) is 2.42. The van der Waals surface area contributed by atoms with Crippen LogP contribution in [0.15, 0.2) is 41.3 Å². The summed E-state index contributed by atoms with van der Waals surface area (Å²) in [6.45, 7) is 3.47. The van der Waals surface area contributed by atoms with Gasteiger partial charge in [-0.05, 0) is 49.2 Å². The van der Waals surface area contributed by atoms with Gasteiger partial charge in [0.2, 0.25) is 10.0 Å². The molecule has 2 aliphatic heterocycles. The molecule has 1 N–H and O–H groups in total. The molecule has 29 heavy (non-hydrogen) atoms. The molecule has 3 heterocycles. The first-order chi connectivity index (χ1) is 14.0. The summed E-state index contributed by atoms with van der Waals surface area (Å²) in [4.78, 5) is 2.31. The molecule has 4 rings (SSSR count). The van der Waals surface area contributed by atoms with E-state index in [2.05, 4.69) is 15.5 Å². The highest BCUT2D eigenvalue weighted by atomic mass is 35.5. The van der Waals surface area contributed by atoms with E-state index in [1.807, 2.05) is 17.0 Å². The number of hydrogen-bond donors (Lipinski definition) is 1. The summed E-state index contributed by atoms with van der Waals surface area (Å²) in [7, 11) is -3.52. The number of nitrogens with zero attached hydrogens (tertiary/aromatic N) is 4. The lowest BCUT2D eigenvalue weighted by Crippen LogP contribution is -2.49. The van der Waals surface area contributed by atoms with Crippen molar-refractivity contribution in [2.75, 3.05) is 49.5 Å². The maximum Gasteiger partial charge on any atom is 0.243 e. The quantitative estimate of drug-likeness (QED) is 0.741. The molecule has 1 atom stereocenters. The molecule has 1 aromatic carbocycles. The first kappa shape index (κ1) is 20.3. The van der Waals surface area contributed by atoms with Crippen LogP contribution >= 0.6 is 11.6 Å². The zero-order valence-corrected chi connectivity index (χ0v) is 17.6. The zero-order valence-electron chi connectivity index (χ0n) is 16.0. The summed E-state index contributed by atoms with van der Waals surface area (Å²) in [5, 5.41) is 12.3. The van der Waals surface area contributed by atoms with Gasteiger partial charge in [0.15, 0.2) is 5.82 Å². The highest BCUT2D eigenvalue weighted by Gasteiger charge is 2.29. The van der Waals surface area contributed by atoms with Gasteiger partial charge in [-0.15, -0.1) is 10.2 Å². The van der Waals surface area contributed by atoms with Gasteiger partial charge >= 0.3 is 0 Å². The number of anilines is 2. The van der Waals surface area contributed by atoms with Crippen molar-refractivity contribution >= 4 is 33.3 Å². The number of aromatic nitrogens is 2. The van der Waals surface area contributed by atoms with Crippen molar-refractivity contribution in [2.45, 2.75) is 23.8 Å². The third-order valence-electron chi connectivity index (χ3n) is 5.20. The van der Waals surface area contributed by atoms with Crippen LogP contribution in [0.4, 0.5) is 11.6 Å². The van der Waals surface area contributed by atoms with Gasteiger partial charge in [0, 0.05) is 44.4 Å². The highest BCUT2D eigenvalue weighted by Crippen LogP contribution is 2.22. The van der Waals surface area contributed by atoms with Gasteiger partial charge in [0.1, 0.15) is 5.82 Å². The van der Waals surface area contributed by atoms with Gasteiger partial charge in [-0.1, -0.05) is 11.6 Å². The molecule has 1 aromatic heterocycles. The second-order valence-electron chi connectivity index (χ2n) is 7.14. The number of ether oxygens (including phenoxy) is 1. The molecular weight excluding hydrogens is 414 g/mol. The predicted molar refractivity (Wildman–Crippen MR) is 112 cm³/mol. The molecule has 156 valence electrons. The summed E-state index contributed by atoms with van der Waals surface area (Å²) >= 11 is 5.86. The lowest BCUT2D eigenvalue weighted by atomic mass is 10.2.